The molecule has 5 nitrogen and oxygen atoms in total. The number of carbonyl (C=O) groups excluding carboxylic acids is 1. The number of carbonyl (C=O) groups is 1. The molecular formula is C21H28N2O3. The normalized spacial score (nSPS) is 12.2. The molecule has 1 atom stereocenters. The van der Waals surface area contributed by atoms with E-state index in [4.69, 9.17) is 4.42 Å². The summed E-state index contributed by atoms with van der Waals surface area (Å²) in [6, 6.07) is 12.0. The molecule has 0 aliphatic rings. The Hall–Kier alpha value is -2.40. The van der Waals surface area contributed by atoms with Gasteiger partial charge >= 0.3 is 5.63 Å². The Morgan fingerprint density at radius 3 is 2.50 bits per heavy atom. The Labute approximate surface area is 155 Å². The second kappa shape index (κ2) is 9.34. The van der Waals surface area contributed by atoms with E-state index in [1.807, 2.05) is 44.1 Å². The van der Waals surface area contributed by atoms with Gasteiger partial charge in [-0.15, -0.1) is 0 Å². The van der Waals surface area contributed by atoms with Crippen molar-refractivity contribution in [2.75, 3.05) is 20.6 Å². The topological polar surface area (TPSA) is 62.6 Å². The van der Waals surface area contributed by atoms with Crippen molar-refractivity contribution in [2.45, 2.75) is 39.2 Å². The third kappa shape index (κ3) is 5.85. The molecule has 1 aromatic heterocycles. The molecule has 1 amide bonds. The molecule has 1 aromatic carbocycles. The summed E-state index contributed by atoms with van der Waals surface area (Å²) in [5, 5.41) is 2.85. The van der Waals surface area contributed by atoms with Gasteiger partial charge in [0.2, 0.25) is 0 Å². The molecule has 1 N–H and O–H groups in total. The number of aryl methyl sites for hydroxylation is 3. The standard InChI is InChI=1S/C21H28N2O3/c1-15-13-18(12-8-11-17-9-6-5-7-10-17)26-21(25)19(15)20(24)22-16(2)14-23(3)4/h5-7,9-10,13,16H,8,11-12,14H2,1-4H3,(H,22,24). The second-order valence-electron chi connectivity index (χ2n) is 7.03. The minimum absolute atomic E-state index is 0.0538. The van der Waals surface area contributed by atoms with Crippen LogP contribution < -0.4 is 10.9 Å². The van der Waals surface area contributed by atoms with Crippen molar-refractivity contribution in [3.63, 3.8) is 0 Å². The van der Waals surface area contributed by atoms with Crippen molar-refractivity contribution in [3.8, 4) is 0 Å². The number of hydrogen-bond acceptors (Lipinski definition) is 4. The van der Waals surface area contributed by atoms with Gasteiger partial charge < -0.3 is 14.6 Å². The van der Waals surface area contributed by atoms with Gasteiger partial charge in [-0.1, -0.05) is 30.3 Å². The lowest BCUT2D eigenvalue weighted by Crippen LogP contribution is -2.41. The first-order valence-corrected chi connectivity index (χ1v) is 9.00. The third-order valence-corrected chi connectivity index (χ3v) is 4.17. The van der Waals surface area contributed by atoms with Gasteiger partial charge in [0, 0.05) is 19.0 Å². The molecule has 0 bridgehead atoms. The summed E-state index contributed by atoms with van der Waals surface area (Å²) in [6.45, 7) is 4.39. The Bertz CT molecular complexity index is 782. The molecule has 1 heterocycles. The molecule has 0 aliphatic heterocycles. The van der Waals surface area contributed by atoms with Gasteiger partial charge in [0.1, 0.15) is 11.3 Å². The fraction of sp³-hybridized carbons (Fsp3) is 0.429. The number of nitrogens with zero attached hydrogens (tertiary/aromatic N) is 1. The smallest absolute Gasteiger partial charge is 0.349 e. The summed E-state index contributed by atoms with van der Waals surface area (Å²) in [4.78, 5) is 26.7. The van der Waals surface area contributed by atoms with Gasteiger partial charge in [-0.2, -0.15) is 0 Å². The monoisotopic (exact) mass is 356 g/mol. The molecule has 0 spiro atoms. The lowest BCUT2D eigenvalue weighted by Gasteiger charge is -2.18. The average Bonchev–Trinajstić information content (AvgIpc) is 2.54. The SMILES string of the molecule is Cc1cc(CCCc2ccccc2)oc(=O)c1C(=O)NC(C)CN(C)C. The highest BCUT2D eigenvalue weighted by Gasteiger charge is 2.18. The van der Waals surface area contributed by atoms with Crippen LogP contribution >= 0.6 is 0 Å². The van der Waals surface area contributed by atoms with Crippen LogP contribution in [-0.4, -0.2) is 37.5 Å². The largest absolute Gasteiger partial charge is 0.427 e. The Morgan fingerprint density at radius 1 is 1.19 bits per heavy atom. The van der Waals surface area contributed by atoms with Crippen LogP contribution in [0.25, 0.3) is 0 Å². The minimum atomic E-state index is -0.561. The summed E-state index contributed by atoms with van der Waals surface area (Å²) in [7, 11) is 3.87. The summed E-state index contributed by atoms with van der Waals surface area (Å²) in [5.74, 6) is 0.253. The van der Waals surface area contributed by atoms with Crippen LogP contribution in [0.15, 0.2) is 45.6 Å². The molecule has 0 fully saturated rings. The maximum absolute atomic E-state index is 12.4. The number of amides is 1. The number of likely N-dealkylation sites (N-methyl/N-ethyl adjacent to an activating group) is 1. The van der Waals surface area contributed by atoms with E-state index in [2.05, 4.69) is 17.4 Å². The number of rotatable bonds is 8. The fourth-order valence-corrected chi connectivity index (χ4v) is 3.07. The van der Waals surface area contributed by atoms with Gasteiger partial charge in [0.05, 0.1) is 0 Å². The zero-order valence-electron chi connectivity index (χ0n) is 16.0. The molecule has 5 heteroatoms. The van der Waals surface area contributed by atoms with Crippen LogP contribution in [0.5, 0.6) is 0 Å². The van der Waals surface area contributed by atoms with Gasteiger partial charge in [-0.25, -0.2) is 4.79 Å². The van der Waals surface area contributed by atoms with Crippen molar-refractivity contribution < 1.29 is 9.21 Å². The molecule has 1 unspecified atom stereocenters. The maximum Gasteiger partial charge on any atom is 0.349 e. The zero-order valence-corrected chi connectivity index (χ0v) is 16.0. The molecule has 2 aromatic rings. The Kier molecular flexibility index (Phi) is 7.16. The average molecular weight is 356 g/mol. The van der Waals surface area contributed by atoms with E-state index in [1.54, 1.807) is 13.0 Å². The summed E-state index contributed by atoms with van der Waals surface area (Å²) in [5.41, 5.74) is 1.46. The number of hydrogen-bond donors (Lipinski definition) is 1. The predicted octanol–water partition coefficient (Wildman–Crippen LogP) is 2.80. The first kappa shape index (κ1) is 19.9. The van der Waals surface area contributed by atoms with E-state index in [-0.39, 0.29) is 17.5 Å². The van der Waals surface area contributed by atoms with E-state index in [9.17, 15) is 9.59 Å². The lowest BCUT2D eigenvalue weighted by atomic mass is 10.1. The molecule has 0 saturated carbocycles. The third-order valence-electron chi connectivity index (χ3n) is 4.17. The maximum atomic E-state index is 12.4. The van der Waals surface area contributed by atoms with Gasteiger partial charge in [0.25, 0.3) is 5.91 Å². The Morgan fingerprint density at radius 2 is 1.88 bits per heavy atom. The van der Waals surface area contributed by atoms with Crippen LogP contribution in [0.3, 0.4) is 0 Å². The molecule has 26 heavy (non-hydrogen) atoms. The van der Waals surface area contributed by atoms with E-state index < -0.39 is 5.63 Å². The van der Waals surface area contributed by atoms with Crippen molar-refractivity contribution >= 4 is 5.91 Å². The highest BCUT2D eigenvalue weighted by molar-refractivity contribution is 5.95. The molecule has 0 radical (unpaired) electrons. The van der Waals surface area contributed by atoms with Crippen molar-refractivity contribution in [2.24, 2.45) is 0 Å². The number of benzene rings is 1. The summed E-state index contributed by atoms with van der Waals surface area (Å²) < 4.78 is 5.38. The predicted molar refractivity (Wildman–Crippen MR) is 104 cm³/mol. The van der Waals surface area contributed by atoms with Crippen molar-refractivity contribution in [3.05, 3.63) is 69.3 Å². The highest BCUT2D eigenvalue weighted by Crippen LogP contribution is 2.11. The van der Waals surface area contributed by atoms with Gasteiger partial charge in [-0.05, 0) is 58.0 Å². The fourth-order valence-electron chi connectivity index (χ4n) is 3.07. The van der Waals surface area contributed by atoms with E-state index >= 15 is 0 Å². The lowest BCUT2D eigenvalue weighted by molar-refractivity contribution is 0.0929. The highest BCUT2D eigenvalue weighted by atomic mass is 16.4. The molecule has 0 aliphatic carbocycles. The summed E-state index contributed by atoms with van der Waals surface area (Å²) >= 11 is 0. The van der Waals surface area contributed by atoms with E-state index in [0.29, 0.717) is 24.3 Å². The number of nitrogens with one attached hydrogen (secondary N) is 1. The molecule has 2 rings (SSSR count). The van der Waals surface area contributed by atoms with E-state index in [0.717, 1.165) is 12.8 Å². The van der Waals surface area contributed by atoms with Crippen LogP contribution in [-0.2, 0) is 12.8 Å². The van der Waals surface area contributed by atoms with Crippen LogP contribution in [0.4, 0.5) is 0 Å². The van der Waals surface area contributed by atoms with Gasteiger partial charge in [-0.3, -0.25) is 4.79 Å². The van der Waals surface area contributed by atoms with Crippen LogP contribution in [0, 0.1) is 6.92 Å². The quantitative estimate of drug-likeness (QED) is 0.790. The molecular weight excluding hydrogens is 328 g/mol. The zero-order chi connectivity index (χ0) is 19.1. The first-order chi connectivity index (χ1) is 12.4. The van der Waals surface area contributed by atoms with Crippen LogP contribution in [0.1, 0.15) is 40.6 Å². The molecule has 0 saturated heterocycles. The van der Waals surface area contributed by atoms with Crippen LogP contribution in [0.2, 0.25) is 0 Å². The molecule has 140 valence electrons. The van der Waals surface area contributed by atoms with Crippen molar-refractivity contribution in [1.29, 1.82) is 0 Å². The Balaban J connectivity index is 2.00. The summed E-state index contributed by atoms with van der Waals surface area (Å²) in [6.07, 6.45) is 2.48. The van der Waals surface area contributed by atoms with Crippen molar-refractivity contribution in [1.82, 2.24) is 10.2 Å². The van der Waals surface area contributed by atoms with E-state index in [1.165, 1.54) is 5.56 Å². The second-order valence-corrected chi connectivity index (χ2v) is 7.03. The van der Waals surface area contributed by atoms with Gasteiger partial charge in [0.15, 0.2) is 0 Å². The first-order valence-electron chi connectivity index (χ1n) is 9.00. The minimum Gasteiger partial charge on any atom is -0.427 e.